The van der Waals surface area contributed by atoms with Crippen molar-refractivity contribution in [3.63, 3.8) is 0 Å². The molecule has 0 aliphatic carbocycles. The standard InChI is InChI=1S/C8H16BO2P/c1-6(2)8(10)7(3)5-11-12(4)9/h7-8,10H,1,5H2,2-4H3/t7-,8+,12?/m0/s1. The van der Waals surface area contributed by atoms with Crippen molar-refractivity contribution in [3.05, 3.63) is 12.2 Å². The number of aliphatic hydroxyl groups excluding tert-OH is 1. The molecule has 1 unspecified atom stereocenters. The first-order valence-corrected chi connectivity index (χ1v) is 5.67. The second-order valence-electron chi connectivity index (χ2n) is 3.11. The SMILES string of the molecule is [B]P(C)OC[C@H](C)[C@H](O)C(=C)C. The van der Waals surface area contributed by atoms with Gasteiger partial charge in [0.2, 0.25) is 0 Å². The first kappa shape index (κ1) is 12.2. The van der Waals surface area contributed by atoms with Crippen LogP contribution in [0.2, 0.25) is 0 Å². The van der Waals surface area contributed by atoms with E-state index in [0.717, 1.165) is 5.57 Å². The van der Waals surface area contributed by atoms with Crippen LogP contribution in [0.25, 0.3) is 0 Å². The van der Waals surface area contributed by atoms with Gasteiger partial charge in [-0.25, -0.2) is 0 Å². The highest BCUT2D eigenvalue weighted by Gasteiger charge is 2.14. The molecule has 0 aromatic rings. The van der Waals surface area contributed by atoms with Crippen LogP contribution < -0.4 is 0 Å². The average Bonchev–Trinajstić information content (AvgIpc) is 1.98. The summed E-state index contributed by atoms with van der Waals surface area (Å²) in [4.78, 5) is 0. The van der Waals surface area contributed by atoms with E-state index in [2.05, 4.69) is 6.58 Å². The van der Waals surface area contributed by atoms with Crippen LogP contribution in [0.4, 0.5) is 0 Å². The minimum atomic E-state index is -0.818. The van der Waals surface area contributed by atoms with Crippen molar-refractivity contribution in [1.29, 1.82) is 0 Å². The van der Waals surface area contributed by atoms with Gasteiger partial charge in [0.1, 0.15) is 7.57 Å². The molecular formula is C8H16BO2P. The van der Waals surface area contributed by atoms with Gasteiger partial charge in [-0.05, 0) is 21.6 Å². The predicted octanol–water partition coefficient (Wildman–Crippen LogP) is 1.69. The normalized spacial score (nSPS) is 18.3. The first-order chi connectivity index (χ1) is 5.45. The Kier molecular flexibility index (Phi) is 5.82. The van der Waals surface area contributed by atoms with Gasteiger partial charge < -0.3 is 9.63 Å². The molecule has 0 saturated heterocycles. The van der Waals surface area contributed by atoms with Crippen LogP contribution in [0.5, 0.6) is 0 Å². The number of hydrogen-bond acceptors (Lipinski definition) is 2. The first-order valence-electron chi connectivity index (χ1n) is 3.90. The van der Waals surface area contributed by atoms with E-state index in [1.54, 1.807) is 6.92 Å². The molecule has 0 aromatic carbocycles. The molecule has 0 aromatic heterocycles. The molecule has 4 heteroatoms. The highest BCUT2D eigenvalue weighted by atomic mass is 31.1. The van der Waals surface area contributed by atoms with E-state index in [1.807, 2.05) is 13.6 Å². The molecule has 3 atom stereocenters. The van der Waals surface area contributed by atoms with E-state index in [9.17, 15) is 5.11 Å². The molecule has 0 fully saturated rings. The zero-order chi connectivity index (χ0) is 9.72. The van der Waals surface area contributed by atoms with Crippen molar-refractivity contribution in [2.75, 3.05) is 13.3 Å². The Hall–Kier alpha value is 0.155. The molecule has 0 rings (SSSR count). The van der Waals surface area contributed by atoms with Crippen LogP contribution >= 0.6 is 8.03 Å². The lowest BCUT2D eigenvalue weighted by molar-refractivity contribution is 0.118. The smallest absolute Gasteiger partial charge is 0.148 e. The highest BCUT2D eigenvalue weighted by Crippen LogP contribution is 2.26. The fourth-order valence-electron chi connectivity index (χ4n) is 0.812. The summed E-state index contributed by atoms with van der Waals surface area (Å²) in [6.45, 7) is 9.71. The van der Waals surface area contributed by atoms with Crippen molar-refractivity contribution in [1.82, 2.24) is 0 Å². The third-order valence-electron chi connectivity index (χ3n) is 1.58. The molecule has 0 aliphatic rings. The van der Waals surface area contributed by atoms with Gasteiger partial charge in [0, 0.05) is 5.92 Å². The van der Waals surface area contributed by atoms with E-state index >= 15 is 0 Å². The maximum absolute atomic E-state index is 9.49. The van der Waals surface area contributed by atoms with E-state index in [0.29, 0.717) is 6.61 Å². The Bertz CT molecular complexity index is 150. The zero-order valence-electron chi connectivity index (χ0n) is 7.95. The fraction of sp³-hybridized carbons (Fsp3) is 0.750. The van der Waals surface area contributed by atoms with Crippen molar-refractivity contribution in [2.24, 2.45) is 5.92 Å². The van der Waals surface area contributed by atoms with Crippen LogP contribution in [0.3, 0.4) is 0 Å². The second kappa shape index (κ2) is 5.74. The third kappa shape index (κ3) is 4.92. The monoisotopic (exact) mass is 186 g/mol. The molecular weight excluding hydrogens is 170 g/mol. The minimum absolute atomic E-state index is 0.0657. The molecule has 12 heavy (non-hydrogen) atoms. The number of hydrogen-bond donors (Lipinski definition) is 1. The summed E-state index contributed by atoms with van der Waals surface area (Å²) in [5, 5.41) is 9.49. The molecule has 2 radical (unpaired) electrons. The van der Waals surface area contributed by atoms with Gasteiger partial charge in [-0.2, -0.15) is 0 Å². The molecule has 1 N–H and O–H groups in total. The van der Waals surface area contributed by atoms with Gasteiger partial charge in [-0.1, -0.05) is 19.1 Å². The van der Waals surface area contributed by atoms with Crippen molar-refractivity contribution < 1.29 is 9.63 Å². The molecule has 0 aliphatic heterocycles. The summed E-state index contributed by atoms with van der Waals surface area (Å²) >= 11 is 0. The largest absolute Gasteiger partial charge is 0.388 e. The van der Waals surface area contributed by atoms with Gasteiger partial charge in [-0.15, -0.1) is 0 Å². The van der Waals surface area contributed by atoms with E-state index < -0.39 is 14.1 Å². The summed E-state index contributed by atoms with van der Waals surface area (Å²) in [6.07, 6.45) is -0.486. The lowest BCUT2D eigenvalue weighted by Gasteiger charge is -2.20. The summed E-state index contributed by atoms with van der Waals surface area (Å²) in [7, 11) is 4.64. The summed E-state index contributed by atoms with van der Waals surface area (Å²) < 4.78 is 5.22. The van der Waals surface area contributed by atoms with Crippen molar-refractivity contribution in [2.45, 2.75) is 20.0 Å². The molecule has 68 valence electrons. The van der Waals surface area contributed by atoms with Crippen LogP contribution in [-0.4, -0.2) is 32.0 Å². The fourth-order valence-corrected chi connectivity index (χ4v) is 1.28. The quantitative estimate of drug-likeness (QED) is 0.402. The van der Waals surface area contributed by atoms with Crippen LogP contribution in [0.1, 0.15) is 13.8 Å². The highest BCUT2D eigenvalue weighted by molar-refractivity contribution is 7.77. The van der Waals surface area contributed by atoms with Gasteiger partial charge in [0.05, 0.1) is 12.7 Å². The summed E-state index contributed by atoms with van der Waals surface area (Å²) in [6, 6.07) is 0. The van der Waals surface area contributed by atoms with Crippen LogP contribution in [-0.2, 0) is 4.52 Å². The zero-order valence-corrected chi connectivity index (χ0v) is 8.84. The Morgan fingerprint density at radius 1 is 1.75 bits per heavy atom. The predicted molar refractivity (Wildman–Crippen MR) is 54.5 cm³/mol. The molecule has 0 amide bonds. The van der Waals surface area contributed by atoms with Gasteiger partial charge >= 0.3 is 0 Å². The summed E-state index contributed by atoms with van der Waals surface area (Å²) in [5.41, 5.74) is 0.767. The lowest BCUT2D eigenvalue weighted by Crippen LogP contribution is -2.22. The van der Waals surface area contributed by atoms with Gasteiger partial charge in [0.25, 0.3) is 0 Å². The molecule has 0 heterocycles. The Morgan fingerprint density at radius 2 is 2.25 bits per heavy atom. The third-order valence-corrected chi connectivity index (χ3v) is 2.14. The Balaban J connectivity index is 3.71. The number of aliphatic hydroxyl groups is 1. The Morgan fingerprint density at radius 3 is 2.58 bits per heavy atom. The van der Waals surface area contributed by atoms with E-state index in [-0.39, 0.29) is 5.92 Å². The molecule has 2 nitrogen and oxygen atoms in total. The molecule has 0 spiro atoms. The van der Waals surface area contributed by atoms with E-state index in [1.165, 1.54) is 0 Å². The molecule has 0 saturated carbocycles. The molecule has 0 bridgehead atoms. The average molecular weight is 186 g/mol. The lowest BCUT2D eigenvalue weighted by atomic mass is 10.0. The number of rotatable bonds is 5. The van der Waals surface area contributed by atoms with E-state index in [4.69, 9.17) is 12.1 Å². The second-order valence-corrected chi connectivity index (χ2v) is 4.46. The minimum Gasteiger partial charge on any atom is -0.388 e. The maximum atomic E-state index is 9.49. The van der Waals surface area contributed by atoms with Gasteiger partial charge in [0.15, 0.2) is 0 Å². The Labute approximate surface area is 77.2 Å². The summed E-state index contributed by atoms with van der Waals surface area (Å²) in [5.74, 6) is 0.0657. The van der Waals surface area contributed by atoms with Gasteiger partial charge in [-0.3, -0.25) is 0 Å². The van der Waals surface area contributed by atoms with Crippen molar-refractivity contribution in [3.8, 4) is 0 Å². The van der Waals surface area contributed by atoms with Crippen LogP contribution in [0, 0.1) is 5.92 Å². The van der Waals surface area contributed by atoms with Crippen molar-refractivity contribution >= 4 is 15.6 Å². The van der Waals surface area contributed by atoms with Crippen LogP contribution in [0.15, 0.2) is 12.2 Å². The topological polar surface area (TPSA) is 29.5 Å². The maximum Gasteiger partial charge on any atom is 0.148 e.